The summed E-state index contributed by atoms with van der Waals surface area (Å²) in [7, 11) is 1.42. The third-order valence-electron chi connectivity index (χ3n) is 4.19. The number of hydrogen-bond acceptors (Lipinski definition) is 3. The Balaban J connectivity index is 2.01. The first kappa shape index (κ1) is 15.8. The van der Waals surface area contributed by atoms with Crippen LogP contribution in [0.4, 0.5) is 4.39 Å². The summed E-state index contributed by atoms with van der Waals surface area (Å²) in [6.45, 7) is 1.84. The molecule has 3 N–H and O–H groups in total. The van der Waals surface area contributed by atoms with Gasteiger partial charge in [-0.3, -0.25) is 4.79 Å². The molecule has 0 bridgehead atoms. The normalized spacial score (nSPS) is 23.4. The fourth-order valence-electron chi connectivity index (χ4n) is 2.84. The predicted molar refractivity (Wildman–Crippen MR) is 79.4 cm³/mol. The molecular weight excluding hydrogens is 271 g/mol. The highest BCUT2D eigenvalue weighted by Gasteiger charge is 2.29. The summed E-state index contributed by atoms with van der Waals surface area (Å²) in [6, 6.07) is 4.39. The van der Waals surface area contributed by atoms with E-state index in [1.54, 1.807) is 12.1 Å². The smallest absolute Gasteiger partial charge is 0.225 e. The average molecular weight is 294 g/mol. The van der Waals surface area contributed by atoms with Crippen LogP contribution in [0.5, 0.6) is 5.75 Å². The highest BCUT2D eigenvalue weighted by molar-refractivity contribution is 5.80. The zero-order valence-corrected chi connectivity index (χ0v) is 12.6. The predicted octanol–water partition coefficient (Wildman–Crippen LogP) is 2.53. The molecule has 0 saturated heterocycles. The summed E-state index contributed by atoms with van der Waals surface area (Å²) in [5.74, 6) is -0.396. The van der Waals surface area contributed by atoms with Crippen molar-refractivity contribution in [2.75, 3.05) is 7.11 Å². The van der Waals surface area contributed by atoms with Gasteiger partial charge >= 0.3 is 0 Å². The molecule has 1 aliphatic carbocycles. The van der Waals surface area contributed by atoms with Gasteiger partial charge in [0.05, 0.1) is 19.1 Å². The summed E-state index contributed by atoms with van der Waals surface area (Å²) >= 11 is 0. The van der Waals surface area contributed by atoms with Gasteiger partial charge in [-0.05, 0) is 37.5 Å². The van der Waals surface area contributed by atoms with E-state index in [1.165, 1.54) is 13.2 Å². The lowest BCUT2D eigenvalue weighted by Crippen LogP contribution is -2.44. The first-order valence-electron chi connectivity index (χ1n) is 7.42. The van der Waals surface area contributed by atoms with Crippen LogP contribution in [0.2, 0.25) is 0 Å². The maximum absolute atomic E-state index is 13.7. The molecule has 2 rings (SSSR count). The van der Waals surface area contributed by atoms with Crippen LogP contribution in [-0.4, -0.2) is 19.1 Å². The van der Waals surface area contributed by atoms with Crippen molar-refractivity contribution < 1.29 is 13.9 Å². The molecule has 0 aromatic heterocycles. The van der Waals surface area contributed by atoms with Gasteiger partial charge in [0.15, 0.2) is 11.6 Å². The van der Waals surface area contributed by atoms with Crippen molar-refractivity contribution in [1.29, 1.82) is 0 Å². The van der Waals surface area contributed by atoms with Crippen LogP contribution in [-0.2, 0) is 4.79 Å². The van der Waals surface area contributed by atoms with Gasteiger partial charge in [-0.1, -0.05) is 18.9 Å². The first-order valence-corrected chi connectivity index (χ1v) is 7.42. The average Bonchev–Trinajstić information content (AvgIpc) is 2.47. The molecule has 4 nitrogen and oxygen atoms in total. The summed E-state index contributed by atoms with van der Waals surface area (Å²) in [6.07, 6.45) is 3.85. The van der Waals surface area contributed by atoms with Crippen LogP contribution in [0.25, 0.3) is 0 Å². The molecule has 1 fully saturated rings. The maximum atomic E-state index is 13.7. The van der Waals surface area contributed by atoms with Crippen molar-refractivity contribution in [2.24, 2.45) is 11.7 Å². The Morgan fingerprint density at radius 2 is 2.14 bits per heavy atom. The van der Waals surface area contributed by atoms with Gasteiger partial charge in [0.25, 0.3) is 0 Å². The fourth-order valence-corrected chi connectivity index (χ4v) is 2.84. The Morgan fingerprint density at radius 3 is 2.76 bits per heavy atom. The third-order valence-corrected chi connectivity index (χ3v) is 4.19. The Bertz CT molecular complexity index is 507. The molecule has 1 amide bonds. The second-order valence-electron chi connectivity index (χ2n) is 5.68. The molecule has 3 atom stereocenters. The van der Waals surface area contributed by atoms with Crippen molar-refractivity contribution in [3.05, 3.63) is 29.6 Å². The van der Waals surface area contributed by atoms with Crippen LogP contribution < -0.4 is 15.8 Å². The highest BCUT2D eigenvalue weighted by Crippen LogP contribution is 2.25. The Morgan fingerprint density at radius 1 is 1.43 bits per heavy atom. The van der Waals surface area contributed by atoms with E-state index in [1.807, 2.05) is 6.92 Å². The number of carbonyl (C=O) groups is 1. The lowest BCUT2D eigenvalue weighted by atomic mass is 9.84. The lowest BCUT2D eigenvalue weighted by molar-refractivity contribution is -0.127. The summed E-state index contributed by atoms with van der Waals surface area (Å²) in [5.41, 5.74) is 6.73. The zero-order chi connectivity index (χ0) is 15.4. The van der Waals surface area contributed by atoms with E-state index in [2.05, 4.69) is 5.32 Å². The summed E-state index contributed by atoms with van der Waals surface area (Å²) in [4.78, 5) is 12.3. The Hall–Kier alpha value is -1.62. The molecule has 1 saturated carbocycles. The molecule has 1 aromatic carbocycles. The highest BCUT2D eigenvalue weighted by atomic mass is 19.1. The molecule has 0 spiro atoms. The number of amides is 1. The zero-order valence-electron chi connectivity index (χ0n) is 12.6. The number of halogens is 1. The van der Waals surface area contributed by atoms with Crippen molar-refractivity contribution in [3.8, 4) is 5.75 Å². The van der Waals surface area contributed by atoms with Gasteiger partial charge < -0.3 is 15.8 Å². The quantitative estimate of drug-likeness (QED) is 0.897. The number of hydrogen-bond donors (Lipinski definition) is 2. The number of nitrogens with one attached hydrogen (secondary N) is 1. The molecule has 0 radical (unpaired) electrons. The van der Waals surface area contributed by atoms with Gasteiger partial charge in [0.1, 0.15) is 0 Å². The second-order valence-corrected chi connectivity index (χ2v) is 5.68. The first-order chi connectivity index (χ1) is 10.0. The van der Waals surface area contributed by atoms with E-state index in [0.29, 0.717) is 5.56 Å². The Kier molecular flexibility index (Phi) is 5.17. The fraction of sp³-hybridized carbons (Fsp3) is 0.562. The minimum Gasteiger partial charge on any atom is -0.494 e. The van der Waals surface area contributed by atoms with Gasteiger partial charge in [-0.2, -0.15) is 0 Å². The number of nitrogens with two attached hydrogens (primary N) is 1. The lowest BCUT2D eigenvalue weighted by Gasteiger charge is -2.28. The number of rotatable bonds is 4. The van der Waals surface area contributed by atoms with Crippen LogP contribution in [0.1, 0.15) is 44.2 Å². The van der Waals surface area contributed by atoms with E-state index >= 15 is 0 Å². The van der Waals surface area contributed by atoms with E-state index in [-0.39, 0.29) is 29.7 Å². The van der Waals surface area contributed by atoms with Gasteiger partial charge in [-0.15, -0.1) is 0 Å². The number of methoxy groups -OCH3 is 1. The molecule has 0 aliphatic heterocycles. The van der Waals surface area contributed by atoms with Crippen molar-refractivity contribution in [2.45, 2.75) is 44.7 Å². The van der Waals surface area contributed by atoms with E-state index in [4.69, 9.17) is 10.5 Å². The minimum atomic E-state index is -0.425. The van der Waals surface area contributed by atoms with Crippen LogP contribution in [0.15, 0.2) is 18.2 Å². The van der Waals surface area contributed by atoms with Gasteiger partial charge in [-0.25, -0.2) is 4.39 Å². The van der Waals surface area contributed by atoms with E-state index < -0.39 is 5.82 Å². The van der Waals surface area contributed by atoms with Crippen LogP contribution >= 0.6 is 0 Å². The SMILES string of the molecule is COc1ccc(C(C)NC(=O)C2CCCCC2N)cc1F. The standard InChI is InChI=1S/C16H23FN2O2/c1-10(11-7-8-15(21-2)13(17)9-11)19-16(20)12-5-3-4-6-14(12)18/h7-10,12,14H,3-6,18H2,1-2H3,(H,19,20). The van der Waals surface area contributed by atoms with Crippen molar-refractivity contribution >= 4 is 5.91 Å². The minimum absolute atomic E-state index is 0.0362. The summed E-state index contributed by atoms with van der Waals surface area (Å²) in [5, 5.41) is 2.93. The monoisotopic (exact) mass is 294 g/mol. The number of carbonyl (C=O) groups excluding carboxylic acids is 1. The molecule has 1 aromatic rings. The molecular formula is C16H23FN2O2. The van der Waals surface area contributed by atoms with E-state index in [0.717, 1.165) is 25.7 Å². The second kappa shape index (κ2) is 6.89. The topological polar surface area (TPSA) is 64.3 Å². The van der Waals surface area contributed by atoms with Crippen LogP contribution in [0.3, 0.4) is 0 Å². The third kappa shape index (κ3) is 3.73. The number of benzene rings is 1. The molecule has 5 heteroatoms. The maximum Gasteiger partial charge on any atom is 0.225 e. The van der Waals surface area contributed by atoms with Gasteiger partial charge in [0.2, 0.25) is 5.91 Å². The summed E-state index contributed by atoms with van der Waals surface area (Å²) < 4.78 is 18.6. The van der Waals surface area contributed by atoms with Crippen molar-refractivity contribution in [1.82, 2.24) is 5.32 Å². The molecule has 21 heavy (non-hydrogen) atoms. The van der Waals surface area contributed by atoms with Crippen LogP contribution in [0, 0.1) is 11.7 Å². The molecule has 3 unspecified atom stereocenters. The van der Waals surface area contributed by atoms with Crippen molar-refractivity contribution in [3.63, 3.8) is 0 Å². The number of ether oxygens (including phenoxy) is 1. The van der Waals surface area contributed by atoms with Gasteiger partial charge in [0, 0.05) is 6.04 Å². The Labute approximate surface area is 124 Å². The molecule has 1 aliphatic rings. The van der Waals surface area contributed by atoms with E-state index in [9.17, 15) is 9.18 Å². The molecule has 0 heterocycles. The largest absolute Gasteiger partial charge is 0.494 e. The molecule has 116 valence electrons.